The van der Waals surface area contributed by atoms with Gasteiger partial charge in [-0.15, -0.1) is 0 Å². The number of ether oxygens (including phenoxy) is 4. The summed E-state index contributed by atoms with van der Waals surface area (Å²) < 4.78 is 20.2. The Balaban J connectivity index is 2.47. The molecule has 0 saturated heterocycles. The van der Waals surface area contributed by atoms with Gasteiger partial charge in [-0.25, -0.2) is 0 Å². The number of methoxy groups -OCH3 is 4. The molecular weight excluding hydrogens is 340 g/mol. The molecule has 0 heterocycles. The van der Waals surface area contributed by atoms with Crippen molar-refractivity contribution in [2.24, 2.45) is 0 Å². The average Bonchev–Trinajstić information content (AvgIpc) is 2.67. The van der Waals surface area contributed by atoms with Crippen molar-refractivity contribution in [2.75, 3.05) is 28.4 Å². The molecule has 0 saturated carbocycles. The van der Waals surface area contributed by atoms with Gasteiger partial charge in [0.15, 0.2) is 17.3 Å². The Morgan fingerprint density at radius 2 is 1.35 bits per heavy atom. The first-order valence-electron chi connectivity index (χ1n) is 7.58. The molecule has 7 heteroatoms. The summed E-state index contributed by atoms with van der Waals surface area (Å²) in [6.45, 7) is 0. The largest absolute Gasteiger partial charge is 0.504 e. The van der Waals surface area contributed by atoms with Gasteiger partial charge in [0.25, 0.3) is 0 Å². The summed E-state index contributed by atoms with van der Waals surface area (Å²) >= 11 is 0. The van der Waals surface area contributed by atoms with E-state index in [1.54, 1.807) is 37.5 Å². The molecule has 0 unspecified atom stereocenters. The number of aromatic hydroxyl groups is 2. The van der Waals surface area contributed by atoms with Crippen LogP contribution in [0.25, 0.3) is 6.08 Å². The molecule has 2 aromatic carbocycles. The third-order valence-corrected chi connectivity index (χ3v) is 3.72. The molecule has 0 amide bonds. The zero-order chi connectivity index (χ0) is 19.3. The van der Waals surface area contributed by atoms with E-state index in [0.717, 1.165) is 5.56 Å². The van der Waals surface area contributed by atoms with Crippen LogP contribution in [0.2, 0.25) is 0 Å². The smallest absolute Gasteiger partial charge is 0.211 e. The van der Waals surface area contributed by atoms with E-state index in [2.05, 4.69) is 0 Å². The summed E-state index contributed by atoms with van der Waals surface area (Å²) in [5.41, 5.74) is 0.523. The first-order chi connectivity index (χ1) is 12.5. The molecule has 2 N–H and O–H groups in total. The van der Waals surface area contributed by atoms with Crippen LogP contribution in [0, 0.1) is 0 Å². The number of benzene rings is 2. The van der Waals surface area contributed by atoms with E-state index in [4.69, 9.17) is 18.9 Å². The van der Waals surface area contributed by atoms with Crippen LogP contribution in [0.1, 0.15) is 15.9 Å². The van der Waals surface area contributed by atoms with Crippen LogP contribution in [-0.4, -0.2) is 44.4 Å². The van der Waals surface area contributed by atoms with Gasteiger partial charge >= 0.3 is 0 Å². The number of carbonyl (C=O) groups excluding carboxylic acids is 1. The maximum Gasteiger partial charge on any atom is 0.211 e. The number of hydrogen-bond donors (Lipinski definition) is 2. The van der Waals surface area contributed by atoms with E-state index >= 15 is 0 Å². The lowest BCUT2D eigenvalue weighted by Gasteiger charge is -2.17. The zero-order valence-corrected chi connectivity index (χ0v) is 14.9. The first kappa shape index (κ1) is 19.0. The van der Waals surface area contributed by atoms with Gasteiger partial charge in [-0.1, -0.05) is 18.2 Å². The molecule has 0 aliphatic heterocycles. The second-order valence-electron chi connectivity index (χ2n) is 5.14. The molecule has 0 bridgehead atoms. The molecule has 0 aromatic heterocycles. The van der Waals surface area contributed by atoms with E-state index < -0.39 is 17.3 Å². The van der Waals surface area contributed by atoms with Gasteiger partial charge in [0.05, 0.1) is 28.4 Å². The van der Waals surface area contributed by atoms with Crippen LogP contribution in [-0.2, 0) is 0 Å². The van der Waals surface area contributed by atoms with Crippen LogP contribution in [0.5, 0.6) is 34.5 Å². The molecule has 2 aromatic rings. The molecule has 2 rings (SSSR count). The minimum Gasteiger partial charge on any atom is -0.504 e. The summed E-state index contributed by atoms with van der Waals surface area (Å²) in [5, 5.41) is 20.7. The fourth-order valence-corrected chi connectivity index (χ4v) is 2.43. The van der Waals surface area contributed by atoms with E-state index in [-0.39, 0.29) is 22.8 Å². The number of hydrogen-bond acceptors (Lipinski definition) is 7. The van der Waals surface area contributed by atoms with Gasteiger partial charge in [0, 0.05) is 0 Å². The van der Waals surface area contributed by atoms with Gasteiger partial charge in [0.1, 0.15) is 11.3 Å². The minimum atomic E-state index is -0.577. The van der Waals surface area contributed by atoms with Gasteiger partial charge < -0.3 is 29.2 Å². The van der Waals surface area contributed by atoms with Crippen LogP contribution in [0.3, 0.4) is 0 Å². The highest BCUT2D eigenvalue weighted by Crippen LogP contribution is 2.52. The average molecular weight is 360 g/mol. The molecule has 0 spiro atoms. The number of allylic oxidation sites excluding steroid dienone is 1. The van der Waals surface area contributed by atoms with Crippen molar-refractivity contribution in [1.82, 2.24) is 0 Å². The van der Waals surface area contributed by atoms with Gasteiger partial charge in [-0.05, 0) is 23.8 Å². The molecule has 138 valence electrons. The maximum atomic E-state index is 12.6. The Kier molecular flexibility index (Phi) is 5.95. The summed E-state index contributed by atoms with van der Waals surface area (Å²) in [6.07, 6.45) is 2.82. The highest BCUT2D eigenvalue weighted by Gasteiger charge is 2.29. The highest BCUT2D eigenvalue weighted by atomic mass is 16.5. The number of carbonyl (C=O) groups is 1. The number of phenols is 2. The van der Waals surface area contributed by atoms with Gasteiger partial charge in [0.2, 0.25) is 17.2 Å². The first-order valence-corrected chi connectivity index (χ1v) is 7.58. The van der Waals surface area contributed by atoms with Crippen molar-refractivity contribution >= 4 is 11.9 Å². The van der Waals surface area contributed by atoms with Crippen molar-refractivity contribution in [3.8, 4) is 34.5 Å². The van der Waals surface area contributed by atoms with Crippen molar-refractivity contribution in [2.45, 2.75) is 0 Å². The second kappa shape index (κ2) is 8.15. The number of rotatable bonds is 7. The molecule has 0 fully saturated rings. The molecule has 0 atom stereocenters. The van der Waals surface area contributed by atoms with Crippen molar-refractivity contribution in [3.05, 3.63) is 41.5 Å². The van der Waals surface area contributed by atoms with Crippen LogP contribution >= 0.6 is 0 Å². The summed E-state index contributed by atoms with van der Waals surface area (Å²) in [5.74, 6) is -1.30. The standard InChI is InChI=1S/C19H20O7/c1-23-12-8-5-11(6-9-12)7-10-13(20)14-15(21)18(25-3)19(26-4)16(22)17(14)24-2/h5-10,21-22H,1-4H3. The third-order valence-electron chi connectivity index (χ3n) is 3.72. The predicted molar refractivity (Wildman–Crippen MR) is 95.8 cm³/mol. The van der Waals surface area contributed by atoms with E-state index in [1.165, 1.54) is 27.4 Å². The summed E-state index contributed by atoms with van der Waals surface area (Å²) in [6, 6.07) is 7.05. The van der Waals surface area contributed by atoms with Crippen molar-refractivity contribution in [1.29, 1.82) is 0 Å². The lowest BCUT2D eigenvalue weighted by molar-refractivity contribution is 0.104. The molecular formula is C19H20O7. The molecule has 7 nitrogen and oxygen atoms in total. The van der Waals surface area contributed by atoms with Gasteiger partial charge in [-0.3, -0.25) is 4.79 Å². The Morgan fingerprint density at radius 1 is 0.808 bits per heavy atom. The van der Waals surface area contributed by atoms with Crippen molar-refractivity contribution in [3.63, 3.8) is 0 Å². The zero-order valence-electron chi connectivity index (χ0n) is 14.9. The van der Waals surface area contributed by atoms with E-state index in [0.29, 0.717) is 5.75 Å². The monoisotopic (exact) mass is 360 g/mol. The van der Waals surface area contributed by atoms with Crippen LogP contribution < -0.4 is 18.9 Å². The summed E-state index contributed by atoms with van der Waals surface area (Å²) in [4.78, 5) is 12.6. The molecule has 26 heavy (non-hydrogen) atoms. The Hall–Kier alpha value is -3.35. The van der Waals surface area contributed by atoms with E-state index in [9.17, 15) is 15.0 Å². The van der Waals surface area contributed by atoms with Crippen molar-refractivity contribution < 1.29 is 34.0 Å². The Morgan fingerprint density at radius 3 is 1.85 bits per heavy atom. The molecule has 0 radical (unpaired) electrons. The lowest BCUT2D eigenvalue weighted by atomic mass is 10.0. The molecule has 0 aliphatic carbocycles. The number of ketones is 1. The van der Waals surface area contributed by atoms with Crippen LogP contribution in [0.15, 0.2) is 30.3 Å². The number of phenolic OH excluding ortho intramolecular Hbond substituents is 2. The lowest BCUT2D eigenvalue weighted by Crippen LogP contribution is -2.03. The third kappa shape index (κ3) is 3.51. The quantitative estimate of drug-likeness (QED) is 0.445. The maximum absolute atomic E-state index is 12.6. The topological polar surface area (TPSA) is 94.5 Å². The highest BCUT2D eigenvalue weighted by molar-refractivity contribution is 6.12. The normalized spacial score (nSPS) is 10.6. The fraction of sp³-hybridized carbons (Fsp3) is 0.211. The summed E-state index contributed by atoms with van der Waals surface area (Å²) in [7, 11) is 5.41. The Labute approximate surface area is 151 Å². The second-order valence-corrected chi connectivity index (χ2v) is 5.14. The SMILES string of the molecule is COc1ccc(C=CC(=O)c2c(O)c(OC)c(OC)c(O)c2OC)cc1. The fourth-order valence-electron chi connectivity index (χ4n) is 2.43. The Bertz CT molecular complexity index is 823. The minimum absolute atomic E-state index is 0.127. The predicted octanol–water partition coefficient (Wildman–Crippen LogP) is 3.03. The van der Waals surface area contributed by atoms with Crippen LogP contribution in [0.4, 0.5) is 0 Å². The van der Waals surface area contributed by atoms with E-state index in [1.807, 2.05) is 0 Å². The molecule has 0 aliphatic rings. The van der Waals surface area contributed by atoms with Gasteiger partial charge in [-0.2, -0.15) is 0 Å².